The fraction of sp³-hybridized carbons (Fsp3) is 1.00. The number of hydrogen-bond donors (Lipinski definition) is 1. The lowest BCUT2D eigenvalue weighted by atomic mass is 10.0. The van der Waals surface area contributed by atoms with Crippen LogP contribution in [0.4, 0.5) is 13.2 Å². The molecule has 0 amide bonds. The van der Waals surface area contributed by atoms with E-state index in [1.54, 1.807) is 16.7 Å². The van der Waals surface area contributed by atoms with E-state index in [9.17, 15) is 18.3 Å². The van der Waals surface area contributed by atoms with Crippen molar-refractivity contribution in [1.82, 2.24) is 4.90 Å². The van der Waals surface area contributed by atoms with Crippen molar-refractivity contribution in [2.24, 2.45) is 0 Å². The predicted octanol–water partition coefficient (Wildman–Crippen LogP) is 2.52. The van der Waals surface area contributed by atoms with Gasteiger partial charge < -0.3 is 5.11 Å². The van der Waals surface area contributed by atoms with Crippen LogP contribution in [-0.2, 0) is 0 Å². The van der Waals surface area contributed by atoms with Crippen LogP contribution in [0.15, 0.2) is 0 Å². The Bertz CT molecular complexity index is 264. The molecular formula is C11H20F3NOS. The molecule has 0 aromatic rings. The van der Waals surface area contributed by atoms with Crippen molar-refractivity contribution >= 4 is 11.8 Å². The lowest BCUT2D eigenvalue weighted by Gasteiger charge is -2.26. The van der Waals surface area contributed by atoms with E-state index >= 15 is 0 Å². The fourth-order valence-electron chi connectivity index (χ4n) is 1.77. The zero-order valence-corrected chi connectivity index (χ0v) is 11.3. The summed E-state index contributed by atoms with van der Waals surface area (Å²) in [6, 6.07) is 0. The first-order valence-electron chi connectivity index (χ1n) is 5.69. The van der Waals surface area contributed by atoms with E-state index in [1.165, 1.54) is 0 Å². The molecule has 1 heterocycles. The maximum absolute atomic E-state index is 12.5. The van der Waals surface area contributed by atoms with Crippen LogP contribution in [0.5, 0.6) is 0 Å². The summed E-state index contributed by atoms with van der Waals surface area (Å²) in [6.07, 6.45) is -4.73. The number of rotatable bonds is 3. The van der Waals surface area contributed by atoms with Crippen molar-refractivity contribution in [2.45, 2.75) is 43.7 Å². The maximum Gasteiger partial charge on any atom is 0.418 e. The van der Waals surface area contributed by atoms with Crippen molar-refractivity contribution in [3.05, 3.63) is 0 Å². The summed E-state index contributed by atoms with van der Waals surface area (Å²) in [4.78, 5) is 1.69. The van der Waals surface area contributed by atoms with E-state index in [4.69, 9.17) is 0 Å². The summed E-state index contributed by atoms with van der Waals surface area (Å²) in [5, 5.41) is 9.48. The normalized spacial score (nSPS) is 27.7. The number of nitrogens with zero attached hydrogens (tertiary/aromatic N) is 1. The molecule has 1 fully saturated rings. The summed E-state index contributed by atoms with van der Waals surface area (Å²) in [6.45, 7) is 6.86. The molecule has 17 heavy (non-hydrogen) atoms. The smallest absolute Gasteiger partial charge is 0.379 e. The van der Waals surface area contributed by atoms with Gasteiger partial charge in [-0.05, 0) is 6.42 Å². The van der Waals surface area contributed by atoms with Gasteiger partial charge in [-0.1, -0.05) is 20.8 Å². The van der Waals surface area contributed by atoms with Crippen LogP contribution in [0, 0.1) is 0 Å². The van der Waals surface area contributed by atoms with E-state index in [1.807, 2.05) is 0 Å². The van der Waals surface area contributed by atoms with Crippen LogP contribution < -0.4 is 0 Å². The van der Waals surface area contributed by atoms with E-state index in [0.717, 1.165) is 5.75 Å². The number of β-amino-alcohol motifs (C(OH)–C–C–N with tert-alkyl or cyclic N) is 1. The number of likely N-dealkylation sites (tertiary alicyclic amines) is 1. The van der Waals surface area contributed by atoms with Gasteiger partial charge in [0.25, 0.3) is 0 Å². The minimum absolute atomic E-state index is 0.125. The van der Waals surface area contributed by atoms with E-state index in [-0.39, 0.29) is 17.7 Å². The summed E-state index contributed by atoms with van der Waals surface area (Å²) >= 11 is 1.72. The second kappa shape index (κ2) is 4.97. The molecule has 1 saturated heterocycles. The average molecular weight is 271 g/mol. The SMILES string of the molecule is CC(C)(C)SCCN1CCC(O)(C(F)(F)F)C1. The van der Waals surface area contributed by atoms with Gasteiger partial charge in [0.1, 0.15) is 0 Å². The van der Waals surface area contributed by atoms with Crippen molar-refractivity contribution < 1.29 is 18.3 Å². The molecule has 1 rings (SSSR count). The Morgan fingerprint density at radius 1 is 1.29 bits per heavy atom. The van der Waals surface area contributed by atoms with Crippen LogP contribution in [0.2, 0.25) is 0 Å². The molecule has 1 unspecified atom stereocenters. The lowest BCUT2D eigenvalue weighted by Crippen LogP contribution is -2.47. The molecular weight excluding hydrogens is 251 g/mol. The minimum atomic E-state index is -4.51. The van der Waals surface area contributed by atoms with Crippen LogP contribution >= 0.6 is 11.8 Å². The highest BCUT2D eigenvalue weighted by molar-refractivity contribution is 8.00. The molecule has 102 valence electrons. The predicted molar refractivity (Wildman–Crippen MR) is 64.3 cm³/mol. The zero-order valence-electron chi connectivity index (χ0n) is 10.5. The topological polar surface area (TPSA) is 23.5 Å². The summed E-state index contributed by atoms with van der Waals surface area (Å²) in [5.41, 5.74) is -2.50. The highest BCUT2D eigenvalue weighted by Crippen LogP contribution is 2.37. The quantitative estimate of drug-likeness (QED) is 0.853. The molecule has 1 atom stereocenters. The highest BCUT2D eigenvalue weighted by atomic mass is 32.2. The molecule has 0 aliphatic carbocycles. The molecule has 0 saturated carbocycles. The molecule has 0 aromatic carbocycles. The van der Waals surface area contributed by atoms with Crippen LogP contribution in [0.25, 0.3) is 0 Å². The number of thioether (sulfide) groups is 1. The second-order valence-electron chi connectivity index (χ2n) is 5.52. The Balaban J connectivity index is 2.36. The Hall–Kier alpha value is 0.0600. The van der Waals surface area contributed by atoms with E-state index < -0.39 is 11.8 Å². The summed E-state index contributed by atoms with van der Waals surface area (Å²) in [7, 11) is 0. The third-order valence-electron chi connectivity index (χ3n) is 2.80. The first-order chi connectivity index (χ1) is 7.54. The molecule has 1 aliphatic heterocycles. The Labute approximate surface area is 105 Å². The first-order valence-corrected chi connectivity index (χ1v) is 6.67. The van der Waals surface area contributed by atoms with Gasteiger partial charge in [-0.15, -0.1) is 0 Å². The highest BCUT2D eigenvalue weighted by Gasteiger charge is 2.56. The second-order valence-corrected chi connectivity index (χ2v) is 7.44. The number of hydrogen-bond acceptors (Lipinski definition) is 3. The largest absolute Gasteiger partial charge is 0.418 e. The van der Waals surface area contributed by atoms with E-state index in [0.29, 0.717) is 13.1 Å². The number of aliphatic hydroxyl groups is 1. The molecule has 0 bridgehead atoms. The van der Waals surface area contributed by atoms with Gasteiger partial charge in [0, 0.05) is 30.1 Å². The van der Waals surface area contributed by atoms with Gasteiger partial charge in [0.15, 0.2) is 5.60 Å². The number of alkyl halides is 3. The Morgan fingerprint density at radius 2 is 1.88 bits per heavy atom. The van der Waals surface area contributed by atoms with Gasteiger partial charge in [-0.25, -0.2) is 0 Å². The third-order valence-corrected chi connectivity index (χ3v) is 4.05. The van der Waals surface area contributed by atoms with Gasteiger partial charge in [-0.2, -0.15) is 24.9 Å². The van der Waals surface area contributed by atoms with Gasteiger partial charge in [-0.3, -0.25) is 4.90 Å². The Kier molecular flexibility index (Phi) is 4.42. The van der Waals surface area contributed by atoms with Crippen LogP contribution in [-0.4, -0.2) is 51.9 Å². The third kappa shape index (κ3) is 4.34. The summed E-state index contributed by atoms with van der Waals surface area (Å²) in [5.74, 6) is 0.789. The van der Waals surface area contributed by atoms with Crippen molar-refractivity contribution in [1.29, 1.82) is 0 Å². The van der Waals surface area contributed by atoms with Crippen LogP contribution in [0.1, 0.15) is 27.2 Å². The maximum atomic E-state index is 12.5. The first kappa shape index (κ1) is 15.1. The van der Waals surface area contributed by atoms with Gasteiger partial charge >= 0.3 is 6.18 Å². The molecule has 1 aliphatic rings. The van der Waals surface area contributed by atoms with Crippen molar-refractivity contribution in [3.8, 4) is 0 Å². The molecule has 0 radical (unpaired) electrons. The molecule has 2 nitrogen and oxygen atoms in total. The molecule has 0 aromatic heterocycles. The van der Waals surface area contributed by atoms with Crippen LogP contribution in [0.3, 0.4) is 0 Å². The number of halogens is 3. The average Bonchev–Trinajstić information content (AvgIpc) is 2.45. The molecule has 0 spiro atoms. The monoisotopic (exact) mass is 271 g/mol. The lowest BCUT2D eigenvalue weighted by molar-refractivity contribution is -0.253. The minimum Gasteiger partial charge on any atom is -0.379 e. The van der Waals surface area contributed by atoms with Crippen molar-refractivity contribution in [3.63, 3.8) is 0 Å². The molecule has 6 heteroatoms. The standard InChI is InChI=1S/C11H20F3NOS/c1-9(2,3)17-7-6-15-5-4-10(16,8-15)11(12,13)14/h16H,4-8H2,1-3H3. The van der Waals surface area contributed by atoms with E-state index in [2.05, 4.69) is 20.8 Å². The fourth-order valence-corrected chi connectivity index (χ4v) is 2.74. The molecule has 1 N–H and O–H groups in total. The Morgan fingerprint density at radius 3 is 2.29 bits per heavy atom. The van der Waals surface area contributed by atoms with Crippen molar-refractivity contribution in [2.75, 3.05) is 25.4 Å². The van der Waals surface area contributed by atoms with Gasteiger partial charge in [0.2, 0.25) is 0 Å². The zero-order chi connectivity index (χ0) is 13.3. The summed E-state index contributed by atoms with van der Waals surface area (Å²) < 4.78 is 37.8. The van der Waals surface area contributed by atoms with Gasteiger partial charge in [0.05, 0.1) is 0 Å².